The van der Waals surface area contributed by atoms with Gasteiger partial charge in [-0.05, 0) is 29.7 Å². The molecule has 0 atom stereocenters. The summed E-state index contributed by atoms with van der Waals surface area (Å²) < 4.78 is 1.21. The van der Waals surface area contributed by atoms with Crippen molar-refractivity contribution in [3.8, 4) is 16.6 Å². The Kier molecular flexibility index (Phi) is 2.88. The number of rotatable bonds is 2. The smallest absolute Gasteiger partial charge is 0.158 e. The molecule has 3 aromatic rings. The highest BCUT2D eigenvalue weighted by atomic mass is 32.1. The quantitative estimate of drug-likeness (QED) is 0.552. The molecular weight excluding hydrogens is 256 g/mol. The van der Waals surface area contributed by atoms with Crippen molar-refractivity contribution < 1.29 is 0 Å². The fraction of sp³-hybridized carbons (Fsp3) is 0. The van der Waals surface area contributed by atoms with E-state index in [0.29, 0.717) is 11.4 Å². The zero-order valence-electron chi connectivity index (χ0n) is 9.92. The number of anilines is 1. The van der Waals surface area contributed by atoms with Gasteiger partial charge in [-0.15, -0.1) is 11.3 Å². The van der Waals surface area contributed by atoms with Crippen molar-refractivity contribution in [1.82, 2.24) is 4.98 Å². The van der Waals surface area contributed by atoms with Crippen LogP contribution in [0.2, 0.25) is 0 Å². The first-order valence-corrected chi connectivity index (χ1v) is 6.50. The Balaban J connectivity index is 2.13. The molecule has 0 saturated carbocycles. The van der Waals surface area contributed by atoms with Crippen LogP contribution in [0.1, 0.15) is 5.56 Å². The largest absolute Gasteiger partial charge is 0.307 e. The number of hydrogen-bond acceptors (Lipinski definition) is 5. The number of aromatic nitrogens is 1. The summed E-state index contributed by atoms with van der Waals surface area (Å²) >= 11 is 1.67. The van der Waals surface area contributed by atoms with Gasteiger partial charge in [0.25, 0.3) is 0 Å². The number of nitriles is 1. The number of hydrogen-bond donors (Lipinski definition) is 2. The average Bonchev–Trinajstić information content (AvgIpc) is 2.90. The van der Waals surface area contributed by atoms with Crippen LogP contribution in [0.15, 0.2) is 42.5 Å². The molecule has 0 aliphatic rings. The number of hydrazine groups is 1. The molecule has 0 radical (unpaired) electrons. The Morgan fingerprint density at radius 2 is 2.05 bits per heavy atom. The minimum absolute atomic E-state index is 0.400. The van der Waals surface area contributed by atoms with Crippen LogP contribution in [0.3, 0.4) is 0 Å². The number of fused-ring (bicyclic) bond motifs is 1. The summed E-state index contributed by atoms with van der Waals surface area (Å²) in [4.78, 5) is 5.44. The first-order chi connectivity index (χ1) is 9.31. The van der Waals surface area contributed by atoms with E-state index in [0.717, 1.165) is 10.6 Å². The van der Waals surface area contributed by atoms with Gasteiger partial charge in [0.05, 0.1) is 16.1 Å². The molecule has 0 bridgehead atoms. The van der Waals surface area contributed by atoms with Gasteiger partial charge in [-0.25, -0.2) is 10.8 Å². The third-order valence-corrected chi connectivity index (χ3v) is 3.97. The lowest BCUT2D eigenvalue weighted by molar-refractivity contribution is 1.22. The Morgan fingerprint density at radius 3 is 2.79 bits per heavy atom. The third kappa shape index (κ3) is 2.03. The number of pyridine rings is 1. The summed E-state index contributed by atoms with van der Waals surface area (Å²) in [5.41, 5.74) is 3.71. The molecule has 0 unspecified atom stereocenters. The molecule has 1 aromatic carbocycles. The molecule has 0 aliphatic carbocycles. The van der Waals surface area contributed by atoms with Crippen molar-refractivity contribution in [3.05, 3.63) is 48.0 Å². The molecule has 0 aliphatic heterocycles. The molecule has 3 rings (SSSR count). The topological polar surface area (TPSA) is 74.7 Å². The lowest BCUT2D eigenvalue weighted by atomic mass is 10.2. The normalized spacial score (nSPS) is 10.3. The van der Waals surface area contributed by atoms with Crippen LogP contribution in [0.4, 0.5) is 5.82 Å². The second kappa shape index (κ2) is 4.69. The molecule has 0 saturated heterocycles. The molecule has 0 amide bonds. The molecular formula is C14H10N4S. The van der Waals surface area contributed by atoms with E-state index in [4.69, 9.17) is 11.1 Å². The van der Waals surface area contributed by atoms with Crippen LogP contribution in [0.5, 0.6) is 0 Å². The van der Waals surface area contributed by atoms with Crippen LogP contribution in [-0.2, 0) is 0 Å². The average molecular weight is 266 g/mol. The van der Waals surface area contributed by atoms with Gasteiger partial charge >= 0.3 is 0 Å². The molecule has 4 nitrogen and oxygen atoms in total. The van der Waals surface area contributed by atoms with Crippen LogP contribution in [0.25, 0.3) is 20.7 Å². The zero-order valence-corrected chi connectivity index (χ0v) is 10.7. The highest BCUT2D eigenvalue weighted by Crippen LogP contribution is 2.33. The van der Waals surface area contributed by atoms with Gasteiger partial charge < -0.3 is 5.43 Å². The van der Waals surface area contributed by atoms with Gasteiger partial charge in [0.2, 0.25) is 0 Å². The van der Waals surface area contributed by atoms with Crippen LogP contribution in [-0.4, -0.2) is 4.98 Å². The lowest BCUT2D eigenvalue weighted by Gasteiger charge is -2.03. The minimum Gasteiger partial charge on any atom is -0.307 e. The fourth-order valence-corrected chi connectivity index (χ4v) is 2.94. The molecule has 0 fully saturated rings. The van der Waals surface area contributed by atoms with E-state index >= 15 is 0 Å². The van der Waals surface area contributed by atoms with E-state index in [-0.39, 0.29) is 0 Å². The minimum atomic E-state index is 0.400. The van der Waals surface area contributed by atoms with Crippen molar-refractivity contribution in [2.75, 3.05) is 5.43 Å². The van der Waals surface area contributed by atoms with Gasteiger partial charge in [0.15, 0.2) is 5.82 Å². The van der Waals surface area contributed by atoms with Crippen molar-refractivity contribution >= 4 is 27.2 Å². The molecule has 0 spiro atoms. The summed E-state index contributed by atoms with van der Waals surface area (Å²) in [6.45, 7) is 0. The van der Waals surface area contributed by atoms with Crippen molar-refractivity contribution in [2.45, 2.75) is 0 Å². The highest BCUT2D eigenvalue weighted by Gasteiger charge is 2.08. The molecule has 2 heterocycles. The molecule has 5 heteroatoms. The maximum absolute atomic E-state index is 8.94. The third-order valence-electron chi connectivity index (χ3n) is 2.83. The SMILES string of the molecule is N#Cc1ccc(-c2cc3ccccc3s2)nc1NN. The van der Waals surface area contributed by atoms with E-state index in [1.807, 2.05) is 18.2 Å². The molecule has 92 valence electrons. The Hall–Kier alpha value is -2.42. The Labute approximate surface area is 114 Å². The first kappa shape index (κ1) is 11.7. The fourth-order valence-electron chi connectivity index (χ4n) is 1.90. The van der Waals surface area contributed by atoms with E-state index in [1.165, 1.54) is 10.1 Å². The first-order valence-electron chi connectivity index (χ1n) is 5.68. The number of nitrogens with one attached hydrogen (secondary N) is 1. The van der Waals surface area contributed by atoms with Gasteiger partial charge in [-0.2, -0.15) is 5.26 Å². The number of nitrogen functional groups attached to an aromatic ring is 1. The maximum atomic E-state index is 8.94. The summed E-state index contributed by atoms with van der Waals surface area (Å²) in [6, 6.07) is 15.9. The number of nitrogens with zero attached hydrogens (tertiary/aromatic N) is 2. The Morgan fingerprint density at radius 1 is 1.21 bits per heavy atom. The number of nitrogens with two attached hydrogens (primary N) is 1. The van der Waals surface area contributed by atoms with E-state index in [1.54, 1.807) is 17.4 Å². The monoisotopic (exact) mass is 266 g/mol. The Bertz CT molecular complexity index is 752. The summed E-state index contributed by atoms with van der Waals surface area (Å²) in [5, 5.41) is 10.1. The zero-order chi connectivity index (χ0) is 13.2. The predicted octanol–water partition coefficient (Wildman–Crippen LogP) is 3.12. The second-order valence-electron chi connectivity index (χ2n) is 4.00. The number of thiophene rings is 1. The van der Waals surface area contributed by atoms with E-state index in [9.17, 15) is 0 Å². The molecule has 3 N–H and O–H groups in total. The van der Waals surface area contributed by atoms with Gasteiger partial charge in [0.1, 0.15) is 6.07 Å². The van der Waals surface area contributed by atoms with Crippen LogP contribution in [0, 0.1) is 11.3 Å². The van der Waals surface area contributed by atoms with E-state index in [2.05, 4.69) is 34.7 Å². The maximum Gasteiger partial charge on any atom is 0.158 e. The standard InChI is InChI=1S/C14H10N4S/c15-8-10-5-6-11(17-14(10)18-16)13-7-9-3-1-2-4-12(9)19-13/h1-7H,16H2,(H,17,18). The summed E-state index contributed by atoms with van der Waals surface area (Å²) in [5.74, 6) is 5.79. The van der Waals surface area contributed by atoms with Gasteiger partial charge in [-0.1, -0.05) is 18.2 Å². The summed E-state index contributed by atoms with van der Waals surface area (Å²) in [7, 11) is 0. The van der Waals surface area contributed by atoms with Crippen molar-refractivity contribution in [3.63, 3.8) is 0 Å². The van der Waals surface area contributed by atoms with E-state index < -0.39 is 0 Å². The predicted molar refractivity (Wildman–Crippen MR) is 77.6 cm³/mol. The van der Waals surface area contributed by atoms with Crippen molar-refractivity contribution in [2.24, 2.45) is 5.84 Å². The number of benzene rings is 1. The lowest BCUT2D eigenvalue weighted by Crippen LogP contribution is -2.10. The van der Waals surface area contributed by atoms with Crippen LogP contribution >= 0.6 is 11.3 Å². The highest BCUT2D eigenvalue weighted by molar-refractivity contribution is 7.22. The molecule has 2 aromatic heterocycles. The van der Waals surface area contributed by atoms with Crippen molar-refractivity contribution in [1.29, 1.82) is 5.26 Å². The molecule has 19 heavy (non-hydrogen) atoms. The van der Waals surface area contributed by atoms with Gasteiger partial charge in [0, 0.05) is 4.70 Å². The van der Waals surface area contributed by atoms with Crippen LogP contribution < -0.4 is 11.3 Å². The summed E-state index contributed by atoms with van der Waals surface area (Å²) in [6.07, 6.45) is 0. The second-order valence-corrected chi connectivity index (χ2v) is 5.08. The van der Waals surface area contributed by atoms with Gasteiger partial charge in [-0.3, -0.25) is 0 Å².